The number of thioether (sulfide) groups is 1. The van der Waals surface area contributed by atoms with Crippen molar-refractivity contribution in [1.29, 1.82) is 0 Å². The quantitative estimate of drug-likeness (QED) is 0.563. The monoisotopic (exact) mass is 399 g/mol. The molecule has 0 bridgehead atoms. The number of fused-ring (bicyclic) bond motifs is 1. The number of halogens is 1. The predicted molar refractivity (Wildman–Crippen MR) is 102 cm³/mol. The van der Waals surface area contributed by atoms with Crippen molar-refractivity contribution in [3.63, 3.8) is 0 Å². The Morgan fingerprint density at radius 2 is 1.75 bits per heavy atom. The van der Waals surface area contributed by atoms with Gasteiger partial charge in [0.15, 0.2) is 5.16 Å². The predicted octanol–water partition coefficient (Wildman–Crippen LogP) is 5.71. The maximum Gasteiger partial charge on any atom is 0.205 e. The molecule has 5 heteroatoms. The van der Waals surface area contributed by atoms with E-state index in [0.717, 1.165) is 15.8 Å². The van der Waals surface area contributed by atoms with E-state index in [-0.39, 0.29) is 0 Å². The lowest BCUT2D eigenvalue weighted by atomic mass is 9.99. The van der Waals surface area contributed by atoms with Crippen LogP contribution in [0, 0.1) is 0 Å². The van der Waals surface area contributed by atoms with Crippen LogP contribution in [-0.4, -0.2) is 20.0 Å². The highest BCUT2D eigenvalue weighted by Gasteiger charge is 2.27. The van der Waals surface area contributed by atoms with Gasteiger partial charge in [-0.15, -0.1) is 10.2 Å². The standard InChI is InChI=1S/C19H18BrN3S/c20-18-21-22-19(24-13-4-3-5-13)23(18)17-11-10-14(12-8-9-12)15-6-1-2-7-16(15)17/h1-2,6-7,10-13H,3-5,8-9H2. The maximum atomic E-state index is 4.42. The number of benzene rings is 2. The van der Waals surface area contributed by atoms with Gasteiger partial charge < -0.3 is 0 Å². The Hall–Kier alpha value is -1.33. The first-order valence-electron chi connectivity index (χ1n) is 8.61. The van der Waals surface area contributed by atoms with Gasteiger partial charge in [-0.1, -0.05) is 48.5 Å². The van der Waals surface area contributed by atoms with Gasteiger partial charge in [-0.05, 0) is 64.5 Å². The van der Waals surface area contributed by atoms with Crippen LogP contribution in [0.25, 0.3) is 16.5 Å². The van der Waals surface area contributed by atoms with Crippen LogP contribution in [0.5, 0.6) is 0 Å². The lowest BCUT2D eigenvalue weighted by molar-refractivity contribution is 0.520. The number of hydrogen-bond acceptors (Lipinski definition) is 3. The van der Waals surface area contributed by atoms with E-state index in [1.165, 1.54) is 54.1 Å². The molecule has 2 saturated carbocycles. The molecule has 3 nitrogen and oxygen atoms in total. The molecule has 0 spiro atoms. The summed E-state index contributed by atoms with van der Waals surface area (Å²) in [7, 11) is 0. The molecule has 0 amide bonds. The molecule has 0 aliphatic heterocycles. The van der Waals surface area contributed by atoms with Crippen LogP contribution in [0.4, 0.5) is 0 Å². The highest BCUT2D eigenvalue weighted by molar-refractivity contribution is 9.10. The zero-order valence-corrected chi connectivity index (χ0v) is 15.7. The van der Waals surface area contributed by atoms with E-state index in [1.54, 1.807) is 0 Å². The van der Waals surface area contributed by atoms with Crippen molar-refractivity contribution in [3.8, 4) is 5.69 Å². The molecule has 3 aromatic rings. The minimum Gasteiger partial charge on any atom is -0.264 e. The second-order valence-electron chi connectivity index (χ2n) is 6.75. The third kappa shape index (κ3) is 2.49. The van der Waals surface area contributed by atoms with Gasteiger partial charge in [-0.2, -0.15) is 0 Å². The first-order chi connectivity index (χ1) is 11.8. The average molecular weight is 400 g/mol. The van der Waals surface area contributed by atoms with Gasteiger partial charge in [0.1, 0.15) is 0 Å². The lowest BCUT2D eigenvalue weighted by Crippen LogP contribution is -2.14. The molecule has 5 rings (SSSR count). The van der Waals surface area contributed by atoms with Gasteiger partial charge in [0.25, 0.3) is 0 Å². The summed E-state index contributed by atoms with van der Waals surface area (Å²) in [4.78, 5) is 0. The van der Waals surface area contributed by atoms with Gasteiger partial charge in [-0.25, -0.2) is 0 Å². The number of aromatic nitrogens is 3. The van der Waals surface area contributed by atoms with Crippen LogP contribution in [0.3, 0.4) is 0 Å². The Labute approximate surface area is 154 Å². The first-order valence-corrected chi connectivity index (χ1v) is 10.3. The summed E-state index contributed by atoms with van der Waals surface area (Å²) in [6.45, 7) is 0. The smallest absolute Gasteiger partial charge is 0.205 e. The summed E-state index contributed by atoms with van der Waals surface area (Å²) in [6, 6.07) is 13.3. The molecular formula is C19H18BrN3S. The van der Waals surface area contributed by atoms with Crippen molar-refractivity contribution in [2.24, 2.45) is 0 Å². The Balaban J connectivity index is 1.67. The van der Waals surface area contributed by atoms with E-state index in [2.05, 4.69) is 67.1 Å². The van der Waals surface area contributed by atoms with Crippen LogP contribution in [0.15, 0.2) is 46.3 Å². The Kier molecular flexibility index (Phi) is 3.67. The second-order valence-corrected chi connectivity index (χ2v) is 8.73. The minimum absolute atomic E-state index is 0.692. The van der Waals surface area contributed by atoms with Crippen LogP contribution >= 0.6 is 27.7 Å². The van der Waals surface area contributed by atoms with Crippen molar-refractivity contribution >= 4 is 38.5 Å². The fourth-order valence-corrected chi connectivity index (χ4v) is 5.22. The maximum absolute atomic E-state index is 4.42. The normalized spacial score (nSPS) is 18.0. The number of nitrogens with zero attached hydrogens (tertiary/aromatic N) is 3. The second kappa shape index (κ2) is 5.88. The molecule has 2 aliphatic rings. The first kappa shape index (κ1) is 15.0. The molecular weight excluding hydrogens is 382 g/mol. The minimum atomic E-state index is 0.692. The summed E-state index contributed by atoms with van der Waals surface area (Å²) in [5, 5.41) is 13.1. The molecule has 1 heterocycles. The molecule has 122 valence electrons. The van der Waals surface area contributed by atoms with Crippen LogP contribution in [0.1, 0.15) is 43.6 Å². The summed E-state index contributed by atoms with van der Waals surface area (Å²) in [5.74, 6) is 0.747. The molecule has 24 heavy (non-hydrogen) atoms. The highest BCUT2D eigenvalue weighted by atomic mass is 79.9. The third-order valence-corrected chi connectivity index (χ3v) is 6.90. The Morgan fingerprint density at radius 1 is 0.958 bits per heavy atom. The van der Waals surface area contributed by atoms with Crippen LogP contribution in [-0.2, 0) is 0 Å². The zero-order chi connectivity index (χ0) is 16.1. The summed E-state index contributed by atoms with van der Waals surface area (Å²) < 4.78 is 2.95. The van der Waals surface area contributed by atoms with E-state index >= 15 is 0 Å². The van der Waals surface area contributed by atoms with Crippen LogP contribution in [0.2, 0.25) is 0 Å². The largest absolute Gasteiger partial charge is 0.264 e. The Morgan fingerprint density at radius 3 is 2.46 bits per heavy atom. The Bertz CT molecular complexity index is 912. The van der Waals surface area contributed by atoms with Crippen LogP contribution < -0.4 is 0 Å². The zero-order valence-electron chi connectivity index (χ0n) is 13.3. The summed E-state index contributed by atoms with van der Waals surface area (Å²) >= 11 is 5.47. The molecule has 0 unspecified atom stereocenters. The van der Waals surface area contributed by atoms with E-state index in [1.807, 2.05) is 11.8 Å². The third-order valence-electron chi connectivity index (χ3n) is 5.11. The molecule has 0 radical (unpaired) electrons. The van der Waals surface area contributed by atoms with E-state index < -0.39 is 0 Å². The SMILES string of the molecule is Brc1nnc(SC2CCC2)n1-c1ccc(C2CC2)c2ccccc12. The molecule has 2 aliphatic carbocycles. The molecule has 1 aromatic heterocycles. The molecule has 0 saturated heterocycles. The molecule has 2 aromatic carbocycles. The van der Waals surface area contributed by atoms with Crippen molar-refractivity contribution in [2.75, 3.05) is 0 Å². The van der Waals surface area contributed by atoms with E-state index in [9.17, 15) is 0 Å². The average Bonchev–Trinajstić information content (AvgIpc) is 3.34. The van der Waals surface area contributed by atoms with Gasteiger partial charge in [0, 0.05) is 10.6 Å². The fourth-order valence-electron chi connectivity index (χ4n) is 3.42. The topological polar surface area (TPSA) is 30.7 Å². The molecule has 0 atom stereocenters. The van der Waals surface area contributed by atoms with E-state index in [4.69, 9.17) is 0 Å². The van der Waals surface area contributed by atoms with Crippen molar-refractivity contribution in [1.82, 2.24) is 14.8 Å². The lowest BCUT2D eigenvalue weighted by Gasteiger charge is -2.24. The van der Waals surface area contributed by atoms with Crippen molar-refractivity contribution in [2.45, 2.75) is 48.4 Å². The summed E-state index contributed by atoms with van der Waals surface area (Å²) in [6.07, 6.45) is 6.56. The fraction of sp³-hybridized carbons (Fsp3) is 0.368. The van der Waals surface area contributed by atoms with E-state index in [0.29, 0.717) is 5.25 Å². The highest BCUT2D eigenvalue weighted by Crippen LogP contribution is 2.45. The summed E-state index contributed by atoms with van der Waals surface area (Å²) in [5.41, 5.74) is 2.67. The van der Waals surface area contributed by atoms with Crippen molar-refractivity contribution < 1.29 is 0 Å². The number of hydrogen-bond donors (Lipinski definition) is 0. The number of rotatable bonds is 4. The van der Waals surface area contributed by atoms with Crippen molar-refractivity contribution in [3.05, 3.63) is 46.7 Å². The molecule has 0 N–H and O–H groups in total. The van der Waals surface area contributed by atoms with Gasteiger partial charge in [-0.3, -0.25) is 4.57 Å². The molecule has 2 fully saturated rings. The van der Waals surface area contributed by atoms with Gasteiger partial charge in [0.05, 0.1) is 5.69 Å². The van der Waals surface area contributed by atoms with Gasteiger partial charge >= 0.3 is 0 Å². The van der Waals surface area contributed by atoms with Gasteiger partial charge in [0.2, 0.25) is 4.73 Å².